The van der Waals surface area contributed by atoms with Crippen LogP contribution in [0.5, 0.6) is 0 Å². The summed E-state index contributed by atoms with van der Waals surface area (Å²) >= 11 is 12.3. The fourth-order valence-corrected chi connectivity index (χ4v) is 3.56. The van der Waals surface area contributed by atoms with E-state index in [0.29, 0.717) is 5.56 Å². The zero-order chi connectivity index (χ0) is 15.5. The topological polar surface area (TPSA) is 42.0 Å². The fourth-order valence-electron chi connectivity index (χ4n) is 3.08. The molecule has 0 saturated heterocycles. The number of benzene rings is 1. The second-order valence-electron chi connectivity index (χ2n) is 5.48. The van der Waals surface area contributed by atoms with E-state index in [4.69, 9.17) is 23.2 Å². The molecule has 0 unspecified atom stereocenters. The second-order valence-corrected chi connectivity index (χ2v) is 6.25. The summed E-state index contributed by atoms with van der Waals surface area (Å²) < 4.78 is 0. The quantitative estimate of drug-likeness (QED) is 0.842. The number of carbonyl (C=O) groups is 1. The molecule has 114 valence electrons. The van der Waals surface area contributed by atoms with E-state index in [1.807, 2.05) is 24.3 Å². The molecule has 1 aromatic carbocycles. The van der Waals surface area contributed by atoms with Gasteiger partial charge in [0.1, 0.15) is 5.15 Å². The number of aromatic nitrogens is 1. The first kappa shape index (κ1) is 15.3. The Kier molecular flexibility index (Phi) is 4.65. The van der Waals surface area contributed by atoms with Crippen LogP contribution in [0, 0.1) is 0 Å². The van der Waals surface area contributed by atoms with Crippen molar-refractivity contribution in [1.82, 2.24) is 10.3 Å². The molecule has 2 atom stereocenters. The van der Waals surface area contributed by atoms with E-state index in [1.165, 1.54) is 0 Å². The summed E-state index contributed by atoms with van der Waals surface area (Å²) in [5, 5.41) is 4.08. The van der Waals surface area contributed by atoms with Crippen molar-refractivity contribution in [3.05, 3.63) is 63.9 Å². The molecule has 1 aliphatic carbocycles. The predicted molar refractivity (Wildman–Crippen MR) is 88.5 cm³/mol. The van der Waals surface area contributed by atoms with Crippen molar-refractivity contribution in [1.29, 1.82) is 0 Å². The lowest BCUT2D eigenvalue weighted by molar-refractivity contribution is 0.0934. The maximum atomic E-state index is 12.4. The van der Waals surface area contributed by atoms with Crippen LogP contribution in [-0.2, 0) is 0 Å². The van der Waals surface area contributed by atoms with Crippen LogP contribution in [0.4, 0.5) is 0 Å². The van der Waals surface area contributed by atoms with Crippen LogP contribution in [0.15, 0.2) is 42.6 Å². The average molecular weight is 335 g/mol. The summed E-state index contributed by atoms with van der Waals surface area (Å²) in [6.45, 7) is 0. The monoisotopic (exact) mass is 334 g/mol. The molecule has 1 amide bonds. The summed E-state index contributed by atoms with van der Waals surface area (Å²) in [6, 6.07) is 11.3. The van der Waals surface area contributed by atoms with E-state index in [9.17, 15) is 4.79 Å². The number of rotatable bonds is 3. The zero-order valence-electron chi connectivity index (χ0n) is 11.9. The minimum atomic E-state index is -0.179. The Morgan fingerprint density at radius 2 is 1.95 bits per heavy atom. The van der Waals surface area contributed by atoms with Crippen LogP contribution >= 0.6 is 23.2 Å². The standard InChI is InChI=1S/C17H16Cl2N2O/c18-14-8-2-1-5-11(14)12-6-3-9-15(12)21-17(22)13-7-4-10-20-16(13)19/h1-2,4-5,7-8,10,12,15H,3,6,9H2,(H,21,22)/t12-,15-/m1/s1. The van der Waals surface area contributed by atoms with Gasteiger partial charge in [0, 0.05) is 23.2 Å². The van der Waals surface area contributed by atoms with Crippen LogP contribution in [-0.4, -0.2) is 16.9 Å². The molecular weight excluding hydrogens is 319 g/mol. The highest BCUT2D eigenvalue weighted by molar-refractivity contribution is 6.32. The van der Waals surface area contributed by atoms with Crippen molar-refractivity contribution in [3.63, 3.8) is 0 Å². The van der Waals surface area contributed by atoms with Crippen molar-refractivity contribution < 1.29 is 4.79 Å². The van der Waals surface area contributed by atoms with Crippen molar-refractivity contribution in [2.45, 2.75) is 31.2 Å². The Labute approximate surface area is 139 Å². The average Bonchev–Trinajstić information content (AvgIpc) is 2.96. The number of nitrogens with zero attached hydrogens (tertiary/aromatic N) is 1. The number of amides is 1. The Balaban J connectivity index is 1.79. The van der Waals surface area contributed by atoms with Crippen LogP contribution < -0.4 is 5.32 Å². The number of carbonyl (C=O) groups excluding carboxylic acids is 1. The largest absolute Gasteiger partial charge is 0.349 e. The van der Waals surface area contributed by atoms with Gasteiger partial charge < -0.3 is 5.32 Å². The lowest BCUT2D eigenvalue weighted by Crippen LogP contribution is -2.36. The predicted octanol–water partition coefficient (Wildman–Crippen LogP) is 4.45. The van der Waals surface area contributed by atoms with Gasteiger partial charge in [0.15, 0.2) is 0 Å². The van der Waals surface area contributed by atoms with Gasteiger partial charge in [-0.1, -0.05) is 47.8 Å². The van der Waals surface area contributed by atoms with Gasteiger partial charge in [-0.3, -0.25) is 4.79 Å². The first-order chi connectivity index (χ1) is 10.7. The summed E-state index contributed by atoms with van der Waals surface area (Å²) in [4.78, 5) is 16.4. The van der Waals surface area contributed by atoms with E-state index in [1.54, 1.807) is 18.3 Å². The Bertz CT molecular complexity index is 690. The fraction of sp³-hybridized carbons (Fsp3) is 0.294. The number of hydrogen-bond donors (Lipinski definition) is 1. The van der Waals surface area contributed by atoms with E-state index in [-0.39, 0.29) is 23.0 Å². The van der Waals surface area contributed by atoms with E-state index in [0.717, 1.165) is 29.8 Å². The van der Waals surface area contributed by atoms with Crippen LogP contribution in [0.25, 0.3) is 0 Å². The van der Waals surface area contributed by atoms with Crippen molar-refractivity contribution in [2.75, 3.05) is 0 Å². The van der Waals surface area contributed by atoms with E-state index in [2.05, 4.69) is 10.3 Å². The zero-order valence-corrected chi connectivity index (χ0v) is 13.4. The van der Waals surface area contributed by atoms with Gasteiger partial charge in [-0.2, -0.15) is 0 Å². The first-order valence-corrected chi connectivity index (χ1v) is 8.08. The molecule has 3 nitrogen and oxygen atoms in total. The molecule has 1 aliphatic rings. The maximum absolute atomic E-state index is 12.4. The van der Waals surface area contributed by atoms with Crippen LogP contribution in [0.1, 0.15) is 41.1 Å². The molecule has 1 saturated carbocycles. The maximum Gasteiger partial charge on any atom is 0.254 e. The van der Waals surface area contributed by atoms with Gasteiger partial charge in [0.25, 0.3) is 5.91 Å². The second kappa shape index (κ2) is 6.67. The third-order valence-corrected chi connectivity index (χ3v) is 4.79. The number of nitrogens with one attached hydrogen (secondary N) is 1. The van der Waals surface area contributed by atoms with Gasteiger partial charge in [0.05, 0.1) is 5.56 Å². The van der Waals surface area contributed by atoms with Crippen molar-refractivity contribution >= 4 is 29.1 Å². The molecule has 1 fully saturated rings. The molecule has 0 aliphatic heterocycles. The highest BCUT2D eigenvalue weighted by atomic mass is 35.5. The smallest absolute Gasteiger partial charge is 0.254 e. The van der Waals surface area contributed by atoms with E-state index >= 15 is 0 Å². The molecule has 1 N–H and O–H groups in total. The molecule has 0 spiro atoms. The summed E-state index contributed by atoms with van der Waals surface area (Å²) in [5.41, 5.74) is 1.51. The summed E-state index contributed by atoms with van der Waals surface area (Å²) in [5.74, 6) is 0.0650. The van der Waals surface area contributed by atoms with Crippen LogP contribution in [0.3, 0.4) is 0 Å². The number of halogens is 2. The number of hydrogen-bond acceptors (Lipinski definition) is 2. The highest BCUT2D eigenvalue weighted by Crippen LogP contribution is 2.38. The van der Waals surface area contributed by atoms with Gasteiger partial charge in [-0.15, -0.1) is 0 Å². The number of pyridine rings is 1. The molecule has 22 heavy (non-hydrogen) atoms. The first-order valence-electron chi connectivity index (χ1n) is 7.32. The molecule has 1 heterocycles. The lowest BCUT2D eigenvalue weighted by Gasteiger charge is -2.22. The van der Waals surface area contributed by atoms with Gasteiger partial charge in [-0.25, -0.2) is 4.98 Å². The van der Waals surface area contributed by atoms with E-state index < -0.39 is 0 Å². The Morgan fingerprint density at radius 3 is 2.73 bits per heavy atom. The molecule has 3 rings (SSSR count). The third kappa shape index (κ3) is 3.11. The molecule has 2 aromatic rings. The minimum absolute atomic E-state index is 0.0728. The van der Waals surface area contributed by atoms with Gasteiger partial charge >= 0.3 is 0 Å². The van der Waals surface area contributed by atoms with Gasteiger partial charge in [-0.05, 0) is 36.6 Å². The Morgan fingerprint density at radius 1 is 1.14 bits per heavy atom. The molecule has 5 heteroatoms. The van der Waals surface area contributed by atoms with Crippen molar-refractivity contribution in [2.24, 2.45) is 0 Å². The SMILES string of the molecule is O=C(N[C@@H]1CCC[C@@H]1c1ccccc1Cl)c1cccnc1Cl. The highest BCUT2D eigenvalue weighted by Gasteiger charge is 2.31. The lowest BCUT2D eigenvalue weighted by atomic mass is 9.94. The van der Waals surface area contributed by atoms with Gasteiger partial charge in [0.2, 0.25) is 0 Å². The third-order valence-electron chi connectivity index (χ3n) is 4.14. The normalized spacial score (nSPS) is 20.8. The minimum Gasteiger partial charge on any atom is -0.349 e. The van der Waals surface area contributed by atoms with Crippen molar-refractivity contribution in [3.8, 4) is 0 Å². The Hall–Kier alpha value is -1.58. The van der Waals surface area contributed by atoms with Crippen LogP contribution in [0.2, 0.25) is 10.2 Å². The molecular formula is C17H16Cl2N2O. The molecule has 1 aromatic heterocycles. The summed E-state index contributed by atoms with van der Waals surface area (Å²) in [6.07, 6.45) is 4.61. The molecule has 0 radical (unpaired) electrons. The summed E-state index contributed by atoms with van der Waals surface area (Å²) in [7, 11) is 0. The molecule has 0 bridgehead atoms.